The Bertz CT molecular complexity index is 857. The maximum atomic E-state index is 12.6. The maximum absolute atomic E-state index is 12.6. The number of carbonyl (C=O) groups is 2. The monoisotopic (exact) mass is 384 g/mol. The predicted octanol–water partition coefficient (Wildman–Crippen LogP) is 4.34. The summed E-state index contributed by atoms with van der Waals surface area (Å²) in [5, 5.41) is 12.6. The smallest absolute Gasteiger partial charge is 0.228 e. The summed E-state index contributed by atoms with van der Waals surface area (Å²) in [4.78, 5) is 26.3. The number of hydrogen-bond acceptors (Lipinski definition) is 5. The quantitative estimate of drug-likeness (QED) is 0.804. The molecule has 7 heteroatoms. The van der Waals surface area contributed by atoms with E-state index in [1.54, 1.807) is 11.1 Å². The zero-order valence-electron chi connectivity index (χ0n) is 15.8. The number of nitrogens with one attached hydrogen (secondary N) is 1. The molecule has 1 unspecified atom stereocenters. The fourth-order valence-electron chi connectivity index (χ4n) is 3.35. The average molecular weight is 385 g/mol. The Morgan fingerprint density at radius 1 is 1.22 bits per heavy atom. The number of benzene rings is 1. The van der Waals surface area contributed by atoms with Crippen molar-refractivity contribution in [2.75, 3.05) is 5.32 Å². The number of anilines is 1. The van der Waals surface area contributed by atoms with Gasteiger partial charge in [0.25, 0.3) is 0 Å². The van der Waals surface area contributed by atoms with Gasteiger partial charge in [0, 0.05) is 19.0 Å². The van der Waals surface area contributed by atoms with Crippen LogP contribution in [-0.2, 0) is 9.59 Å². The molecule has 6 nitrogen and oxygen atoms in total. The summed E-state index contributed by atoms with van der Waals surface area (Å²) < 4.78 is 0. The molecule has 0 spiro atoms. The minimum Gasteiger partial charge on any atom is -0.311 e. The second kappa shape index (κ2) is 8.43. The van der Waals surface area contributed by atoms with Crippen LogP contribution in [0.4, 0.5) is 5.13 Å². The number of hydrogen-bond donors (Lipinski definition) is 1. The van der Waals surface area contributed by atoms with E-state index in [0.717, 1.165) is 29.0 Å². The Morgan fingerprint density at radius 3 is 2.67 bits per heavy atom. The van der Waals surface area contributed by atoms with Crippen LogP contribution < -0.4 is 5.32 Å². The van der Waals surface area contributed by atoms with Gasteiger partial charge in [-0.25, -0.2) is 0 Å². The molecule has 1 N–H and O–H groups in total. The van der Waals surface area contributed by atoms with E-state index in [0.29, 0.717) is 11.0 Å². The van der Waals surface area contributed by atoms with Gasteiger partial charge in [0.2, 0.25) is 16.9 Å². The Labute approximate surface area is 163 Å². The van der Waals surface area contributed by atoms with Crippen molar-refractivity contribution in [3.63, 3.8) is 0 Å². The molecule has 2 amide bonds. The zero-order chi connectivity index (χ0) is 19.4. The second-order valence-corrected chi connectivity index (χ2v) is 7.61. The lowest BCUT2D eigenvalue weighted by Crippen LogP contribution is -2.33. The van der Waals surface area contributed by atoms with Crippen molar-refractivity contribution in [3.8, 4) is 0 Å². The van der Waals surface area contributed by atoms with Crippen LogP contribution in [0.25, 0.3) is 6.08 Å². The summed E-state index contributed by atoms with van der Waals surface area (Å²) in [6.45, 7) is 5.76. The molecule has 0 bridgehead atoms. The molecule has 2 heterocycles. The molecule has 1 aliphatic rings. The first kappa shape index (κ1) is 19.2. The topological polar surface area (TPSA) is 75.2 Å². The van der Waals surface area contributed by atoms with Gasteiger partial charge in [-0.05, 0) is 30.0 Å². The van der Waals surface area contributed by atoms with Crippen LogP contribution in [0.15, 0.2) is 30.5 Å². The van der Waals surface area contributed by atoms with Crippen molar-refractivity contribution in [1.29, 1.82) is 0 Å². The molecule has 1 aromatic heterocycles. The van der Waals surface area contributed by atoms with Crippen molar-refractivity contribution in [2.24, 2.45) is 0 Å². The van der Waals surface area contributed by atoms with Crippen LogP contribution in [0.3, 0.4) is 0 Å². The largest absolute Gasteiger partial charge is 0.311 e. The van der Waals surface area contributed by atoms with Gasteiger partial charge in [0.1, 0.15) is 5.01 Å². The third-order valence-corrected chi connectivity index (χ3v) is 5.87. The summed E-state index contributed by atoms with van der Waals surface area (Å²) >= 11 is 1.42. The van der Waals surface area contributed by atoms with Gasteiger partial charge in [0.15, 0.2) is 0 Å². The Hall–Kier alpha value is -2.54. The Kier molecular flexibility index (Phi) is 6.01. The fourth-order valence-corrected chi connectivity index (χ4v) is 4.37. The second-order valence-electron chi connectivity index (χ2n) is 6.60. The SMILES string of the molecule is CCC(CC)c1nnc(NC(=O)CC2c3ccccc3C=CN2C(C)=O)s1. The van der Waals surface area contributed by atoms with Crippen molar-refractivity contribution < 1.29 is 9.59 Å². The fraction of sp³-hybridized carbons (Fsp3) is 0.400. The summed E-state index contributed by atoms with van der Waals surface area (Å²) in [6.07, 6.45) is 5.81. The first-order chi connectivity index (χ1) is 13.0. The first-order valence-electron chi connectivity index (χ1n) is 9.22. The van der Waals surface area contributed by atoms with E-state index in [1.807, 2.05) is 30.3 Å². The lowest BCUT2D eigenvalue weighted by molar-refractivity contribution is -0.129. The Balaban J connectivity index is 1.74. The van der Waals surface area contributed by atoms with Crippen LogP contribution in [-0.4, -0.2) is 26.9 Å². The summed E-state index contributed by atoms with van der Waals surface area (Å²) in [5.74, 6) is 0.103. The van der Waals surface area contributed by atoms with Gasteiger partial charge in [-0.15, -0.1) is 10.2 Å². The van der Waals surface area contributed by atoms with E-state index < -0.39 is 0 Å². The molecule has 0 saturated heterocycles. The highest BCUT2D eigenvalue weighted by Gasteiger charge is 2.28. The molecule has 0 saturated carbocycles. The minimum atomic E-state index is -0.324. The number of rotatable bonds is 6. The number of amides is 2. The van der Waals surface area contributed by atoms with Gasteiger partial charge >= 0.3 is 0 Å². The van der Waals surface area contributed by atoms with Crippen molar-refractivity contribution in [1.82, 2.24) is 15.1 Å². The maximum Gasteiger partial charge on any atom is 0.228 e. The first-order valence-corrected chi connectivity index (χ1v) is 10.0. The van der Waals surface area contributed by atoms with Crippen LogP contribution in [0.2, 0.25) is 0 Å². The van der Waals surface area contributed by atoms with Crippen LogP contribution >= 0.6 is 11.3 Å². The third-order valence-electron chi connectivity index (χ3n) is 4.87. The molecule has 0 fully saturated rings. The normalized spacial score (nSPS) is 15.7. The lowest BCUT2D eigenvalue weighted by atomic mass is 9.93. The van der Waals surface area contributed by atoms with Crippen molar-refractivity contribution in [2.45, 2.75) is 52.0 Å². The van der Waals surface area contributed by atoms with E-state index in [9.17, 15) is 9.59 Å². The molecule has 1 aliphatic heterocycles. The molecule has 3 rings (SSSR count). The average Bonchev–Trinajstić information content (AvgIpc) is 3.10. The summed E-state index contributed by atoms with van der Waals surface area (Å²) in [7, 11) is 0. The van der Waals surface area contributed by atoms with Crippen LogP contribution in [0.1, 0.15) is 68.1 Å². The Morgan fingerprint density at radius 2 is 1.96 bits per heavy atom. The summed E-state index contributed by atoms with van der Waals surface area (Å²) in [5.41, 5.74) is 2.00. The van der Waals surface area contributed by atoms with Gasteiger partial charge in [-0.2, -0.15) is 0 Å². The van der Waals surface area contributed by atoms with E-state index in [-0.39, 0.29) is 24.3 Å². The van der Waals surface area contributed by atoms with E-state index in [1.165, 1.54) is 18.3 Å². The molecular weight excluding hydrogens is 360 g/mol. The number of aromatic nitrogens is 2. The zero-order valence-corrected chi connectivity index (χ0v) is 16.6. The van der Waals surface area contributed by atoms with Gasteiger partial charge in [0.05, 0.1) is 12.5 Å². The molecule has 2 aromatic rings. The number of fused-ring (bicyclic) bond motifs is 1. The number of carbonyl (C=O) groups excluding carboxylic acids is 2. The van der Waals surface area contributed by atoms with Crippen molar-refractivity contribution in [3.05, 3.63) is 46.6 Å². The highest BCUT2D eigenvalue weighted by Crippen LogP contribution is 2.33. The molecule has 1 atom stereocenters. The molecule has 0 aliphatic carbocycles. The third kappa shape index (κ3) is 4.24. The van der Waals surface area contributed by atoms with Gasteiger partial charge < -0.3 is 10.2 Å². The highest BCUT2D eigenvalue weighted by molar-refractivity contribution is 7.15. The van der Waals surface area contributed by atoms with Crippen LogP contribution in [0.5, 0.6) is 0 Å². The van der Waals surface area contributed by atoms with E-state index in [4.69, 9.17) is 0 Å². The van der Waals surface area contributed by atoms with Gasteiger partial charge in [-0.3, -0.25) is 9.59 Å². The van der Waals surface area contributed by atoms with Crippen molar-refractivity contribution >= 4 is 34.4 Å². The molecule has 0 radical (unpaired) electrons. The predicted molar refractivity (Wildman–Crippen MR) is 107 cm³/mol. The standard InChI is InChI=1S/C20H24N4O2S/c1-4-14(5-2)19-22-23-20(27-19)21-18(26)12-17-16-9-7-6-8-15(16)10-11-24(17)13(3)25/h6-11,14,17H,4-5,12H2,1-3H3,(H,21,23,26). The van der Waals surface area contributed by atoms with Crippen LogP contribution in [0, 0.1) is 0 Å². The van der Waals surface area contributed by atoms with E-state index >= 15 is 0 Å². The molecule has 142 valence electrons. The lowest BCUT2D eigenvalue weighted by Gasteiger charge is -2.32. The summed E-state index contributed by atoms with van der Waals surface area (Å²) in [6, 6.07) is 7.50. The van der Waals surface area contributed by atoms with E-state index in [2.05, 4.69) is 29.4 Å². The number of nitrogens with zero attached hydrogens (tertiary/aromatic N) is 3. The molecular formula is C20H24N4O2S. The molecule has 1 aromatic carbocycles. The minimum absolute atomic E-state index is 0.0921. The molecule has 27 heavy (non-hydrogen) atoms. The van der Waals surface area contributed by atoms with Gasteiger partial charge in [-0.1, -0.05) is 49.4 Å². The highest BCUT2D eigenvalue weighted by atomic mass is 32.1.